The first-order valence-corrected chi connectivity index (χ1v) is 13.6. The lowest BCUT2D eigenvalue weighted by atomic mass is 9.94. The highest BCUT2D eigenvalue weighted by molar-refractivity contribution is 5.92. The molecule has 0 aliphatic carbocycles. The highest BCUT2D eigenvalue weighted by atomic mass is 16.7. The van der Waals surface area contributed by atoms with Crippen molar-refractivity contribution in [3.63, 3.8) is 0 Å². The monoisotopic (exact) mass is 582 g/mol. The van der Waals surface area contributed by atoms with E-state index < -0.39 is 47.9 Å². The Morgan fingerprint density at radius 2 is 1.37 bits per heavy atom. The smallest absolute Gasteiger partial charge is 0.338 e. The van der Waals surface area contributed by atoms with Crippen molar-refractivity contribution in [3.8, 4) is 0 Å². The third-order valence-electron chi connectivity index (χ3n) is 7.16. The fraction of sp³-hybridized carbons (Fsp3) is 0.212. The van der Waals surface area contributed by atoms with Crippen LogP contribution in [0.1, 0.15) is 44.4 Å². The number of carbonyl (C=O) groups excluding carboxylic acids is 4. The molecule has 0 unspecified atom stereocenters. The summed E-state index contributed by atoms with van der Waals surface area (Å²) >= 11 is 0. The van der Waals surface area contributed by atoms with Gasteiger partial charge in [0.15, 0.2) is 17.9 Å². The minimum absolute atomic E-state index is 0.261. The van der Waals surface area contributed by atoms with Gasteiger partial charge in [0.2, 0.25) is 5.91 Å². The molecule has 1 amide bonds. The van der Waals surface area contributed by atoms with E-state index in [9.17, 15) is 19.2 Å². The Morgan fingerprint density at radius 3 is 1.93 bits per heavy atom. The normalized spacial score (nSPS) is 22.8. The lowest BCUT2D eigenvalue weighted by molar-refractivity contribution is -0.119. The minimum Gasteiger partial charge on any atom is -0.459 e. The van der Waals surface area contributed by atoms with E-state index in [1.807, 2.05) is 0 Å². The molecule has 1 fully saturated rings. The molecule has 0 bridgehead atoms. The lowest BCUT2D eigenvalue weighted by Gasteiger charge is -2.38. The number of allylic oxidation sites excluding steroid dienone is 1. The van der Waals surface area contributed by atoms with Gasteiger partial charge >= 0.3 is 17.9 Å². The van der Waals surface area contributed by atoms with Crippen LogP contribution in [0.2, 0.25) is 0 Å². The van der Waals surface area contributed by atoms with E-state index in [1.165, 1.54) is 11.1 Å². The topological polar surface area (TPSA) is 134 Å². The molecule has 220 valence electrons. The molecule has 10 nitrogen and oxygen atoms in total. The maximum Gasteiger partial charge on any atom is 0.338 e. The lowest BCUT2D eigenvalue weighted by Crippen LogP contribution is -2.55. The number of benzene rings is 3. The van der Waals surface area contributed by atoms with Gasteiger partial charge in [-0.15, -0.1) is 0 Å². The maximum absolute atomic E-state index is 13.4. The summed E-state index contributed by atoms with van der Waals surface area (Å²) in [5.41, 5.74) is 5.02. The van der Waals surface area contributed by atoms with Crippen molar-refractivity contribution in [1.82, 2.24) is 4.90 Å². The van der Waals surface area contributed by atoms with Crippen molar-refractivity contribution in [2.24, 2.45) is 5.73 Å². The summed E-state index contributed by atoms with van der Waals surface area (Å²) in [6, 6.07) is 25.0. The molecule has 43 heavy (non-hydrogen) atoms. The van der Waals surface area contributed by atoms with Crippen molar-refractivity contribution in [3.05, 3.63) is 132 Å². The Morgan fingerprint density at radius 1 is 0.837 bits per heavy atom. The molecular weight excluding hydrogens is 552 g/mol. The molecule has 0 spiro atoms. The predicted molar refractivity (Wildman–Crippen MR) is 154 cm³/mol. The zero-order valence-electron chi connectivity index (χ0n) is 23.3. The van der Waals surface area contributed by atoms with Gasteiger partial charge in [-0.1, -0.05) is 60.7 Å². The van der Waals surface area contributed by atoms with Crippen LogP contribution in [0.5, 0.6) is 0 Å². The van der Waals surface area contributed by atoms with Gasteiger partial charge in [-0.25, -0.2) is 14.4 Å². The van der Waals surface area contributed by atoms with E-state index in [1.54, 1.807) is 110 Å². The number of hydrogen-bond donors (Lipinski definition) is 1. The number of nitrogens with zero attached hydrogens (tertiary/aromatic N) is 1. The summed E-state index contributed by atoms with van der Waals surface area (Å²) in [4.78, 5) is 53.2. The summed E-state index contributed by atoms with van der Waals surface area (Å²) in [5, 5.41) is 0. The quantitative estimate of drug-likeness (QED) is 0.293. The summed E-state index contributed by atoms with van der Waals surface area (Å²) in [6.07, 6.45) is 1.72. The fourth-order valence-electron chi connectivity index (χ4n) is 4.97. The van der Waals surface area contributed by atoms with Crippen LogP contribution in [-0.4, -0.2) is 59.4 Å². The van der Waals surface area contributed by atoms with E-state index in [4.69, 9.17) is 24.7 Å². The zero-order chi connectivity index (χ0) is 30.4. The third-order valence-corrected chi connectivity index (χ3v) is 7.16. The molecule has 3 aromatic rings. The number of esters is 3. The number of amides is 1. The predicted octanol–water partition coefficient (Wildman–Crippen LogP) is 4.00. The molecule has 0 radical (unpaired) electrons. The summed E-state index contributed by atoms with van der Waals surface area (Å²) in [7, 11) is 0. The summed E-state index contributed by atoms with van der Waals surface area (Å²) in [5.74, 6) is -2.63. The van der Waals surface area contributed by atoms with E-state index in [0.29, 0.717) is 17.6 Å². The van der Waals surface area contributed by atoms with Gasteiger partial charge in [-0.3, -0.25) is 4.79 Å². The second-order valence-electron chi connectivity index (χ2n) is 10.2. The Balaban J connectivity index is 1.52. The van der Waals surface area contributed by atoms with Gasteiger partial charge in [0.05, 0.1) is 16.7 Å². The molecule has 2 N–H and O–H groups in total. The molecule has 10 heteroatoms. The molecular formula is C33H30N2O8. The number of hydrogen-bond acceptors (Lipinski definition) is 9. The standard InChI is InChI=1S/C33H30N2O8/c1-33(43-31(39)24-16-9-4-10-17-24)27(42-30(38)23-14-7-3-8-15-23)26(21-40-29(37)22-12-5-2-6-13-22)41-32(33)35-19-11-18-25(20-35)28(34)36/h2-17,19-20,26-27,32H,18,21H2,1H3,(H2,34,36)/t26-,27-,32-,33+/m1/s1. The number of ether oxygens (including phenoxy) is 4. The summed E-state index contributed by atoms with van der Waals surface area (Å²) < 4.78 is 24.1. The minimum atomic E-state index is -1.66. The number of carbonyl (C=O) groups is 4. The number of nitrogens with two attached hydrogens (primary N) is 1. The zero-order valence-corrected chi connectivity index (χ0v) is 23.3. The van der Waals surface area contributed by atoms with Crippen LogP contribution in [0.4, 0.5) is 0 Å². The number of primary amides is 1. The van der Waals surface area contributed by atoms with Crippen LogP contribution >= 0.6 is 0 Å². The second kappa shape index (κ2) is 12.7. The fourth-order valence-corrected chi connectivity index (χ4v) is 4.97. The highest BCUT2D eigenvalue weighted by Crippen LogP contribution is 2.41. The van der Waals surface area contributed by atoms with Crippen molar-refractivity contribution >= 4 is 23.8 Å². The first-order chi connectivity index (χ1) is 20.8. The van der Waals surface area contributed by atoms with Gasteiger partial charge in [0.25, 0.3) is 0 Å². The molecule has 0 aromatic heterocycles. The SMILES string of the molecule is C[C@]1(OC(=O)c2ccccc2)[C@H](OC(=O)c2ccccc2)[C@@H](COC(=O)c2ccccc2)O[C@H]1N1C=CCC(C(N)=O)=C1. The largest absolute Gasteiger partial charge is 0.459 e. The Hall–Kier alpha value is -5.22. The second-order valence-corrected chi connectivity index (χ2v) is 10.2. The van der Waals surface area contributed by atoms with E-state index in [2.05, 4.69) is 0 Å². The van der Waals surface area contributed by atoms with Crippen molar-refractivity contribution < 1.29 is 38.1 Å². The van der Waals surface area contributed by atoms with E-state index in [0.717, 1.165) is 0 Å². The molecule has 3 aromatic carbocycles. The van der Waals surface area contributed by atoms with Gasteiger partial charge < -0.3 is 29.6 Å². The Bertz CT molecular complexity index is 1540. The van der Waals surface area contributed by atoms with E-state index in [-0.39, 0.29) is 17.7 Å². The van der Waals surface area contributed by atoms with Crippen molar-refractivity contribution in [1.29, 1.82) is 0 Å². The molecule has 2 aliphatic heterocycles. The van der Waals surface area contributed by atoms with Crippen LogP contribution in [0, 0.1) is 0 Å². The first kappa shape index (κ1) is 29.3. The van der Waals surface area contributed by atoms with Crippen molar-refractivity contribution in [2.45, 2.75) is 37.4 Å². The van der Waals surface area contributed by atoms with Crippen LogP contribution in [0.25, 0.3) is 0 Å². The van der Waals surface area contributed by atoms with Gasteiger partial charge in [0, 0.05) is 18.0 Å². The Kier molecular flexibility index (Phi) is 8.68. The molecule has 5 rings (SSSR count). The van der Waals surface area contributed by atoms with Gasteiger partial charge in [-0.05, 0) is 49.7 Å². The maximum atomic E-state index is 13.4. The summed E-state index contributed by atoms with van der Waals surface area (Å²) in [6.45, 7) is 1.24. The van der Waals surface area contributed by atoms with E-state index >= 15 is 0 Å². The van der Waals surface area contributed by atoms with Crippen LogP contribution in [0.15, 0.2) is 115 Å². The molecule has 1 saturated heterocycles. The van der Waals surface area contributed by atoms with Gasteiger partial charge in [-0.2, -0.15) is 0 Å². The van der Waals surface area contributed by atoms with Crippen LogP contribution < -0.4 is 5.73 Å². The van der Waals surface area contributed by atoms with Crippen molar-refractivity contribution in [2.75, 3.05) is 6.61 Å². The van der Waals surface area contributed by atoms with Gasteiger partial charge in [0.1, 0.15) is 12.7 Å². The highest BCUT2D eigenvalue weighted by Gasteiger charge is 2.61. The Labute approximate surface area is 248 Å². The average Bonchev–Trinajstić information content (AvgIpc) is 3.31. The molecule has 0 saturated carbocycles. The third kappa shape index (κ3) is 6.49. The van der Waals surface area contributed by atoms with Crippen LogP contribution in [-0.2, 0) is 23.7 Å². The molecule has 4 atom stereocenters. The molecule has 2 aliphatic rings. The number of rotatable bonds is 9. The first-order valence-electron chi connectivity index (χ1n) is 13.6. The average molecular weight is 583 g/mol. The molecule has 2 heterocycles. The van der Waals surface area contributed by atoms with Crippen LogP contribution in [0.3, 0.4) is 0 Å².